The van der Waals surface area contributed by atoms with Gasteiger partial charge in [0.15, 0.2) is 12.1 Å². The minimum absolute atomic E-state index is 0.507. The van der Waals surface area contributed by atoms with Crippen molar-refractivity contribution in [3.05, 3.63) is 35.2 Å². The highest BCUT2D eigenvalue weighted by atomic mass is 16.1. The molecule has 0 bridgehead atoms. The summed E-state index contributed by atoms with van der Waals surface area (Å²) in [5.74, 6) is 2.21. The summed E-state index contributed by atoms with van der Waals surface area (Å²) < 4.78 is 1.87. The van der Waals surface area contributed by atoms with Crippen molar-refractivity contribution in [3.8, 4) is 0 Å². The number of anilines is 2. The lowest BCUT2D eigenvalue weighted by atomic mass is 10.1. The lowest BCUT2D eigenvalue weighted by molar-refractivity contribution is 0.112. The summed E-state index contributed by atoms with van der Waals surface area (Å²) in [4.78, 5) is 18.1. The Bertz CT molecular complexity index is 687. The molecule has 0 unspecified atom stereocenters. The summed E-state index contributed by atoms with van der Waals surface area (Å²) in [7, 11) is 1.93. The molecule has 1 saturated carbocycles. The second kappa shape index (κ2) is 4.16. The van der Waals surface area contributed by atoms with Gasteiger partial charge in [0.2, 0.25) is 0 Å². The van der Waals surface area contributed by atoms with Crippen LogP contribution in [0.2, 0.25) is 0 Å². The molecular formula is C15H16N4O. The van der Waals surface area contributed by atoms with Crippen LogP contribution in [0.1, 0.15) is 40.4 Å². The van der Waals surface area contributed by atoms with Crippen molar-refractivity contribution in [1.82, 2.24) is 14.8 Å². The van der Waals surface area contributed by atoms with Gasteiger partial charge in [0.05, 0.1) is 11.3 Å². The van der Waals surface area contributed by atoms with Crippen molar-refractivity contribution in [2.45, 2.75) is 25.2 Å². The fourth-order valence-corrected chi connectivity index (χ4v) is 3.10. The Labute approximate surface area is 117 Å². The van der Waals surface area contributed by atoms with Crippen LogP contribution in [0.15, 0.2) is 18.3 Å². The highest BCUT2D eigenvalue weighted by molar-refractivity contribution is 5.87. The van der Waals surface area contributed by atoms with E-state index in [-0.39, 0.29) is 0 Å². The standard InChI is InChI=1S/C15H16N4O/c1-18-13(10-4-5-10)12(9-20)15(17-18)19-8-6-11-3-2-7-16-14(11)19/h2-3,7,9-10H,4-6,8H2,1H3. The second-order valence-corrected chi connectivity index (χ2v) is 5.53. The number of aryl methyl sites for hydroxylation is 1. The first-order chi connectivity index (χ1) is 9.79. The Balaban J connectivity index is 1.84. The van der Waals surface area contributed by atoms with Crippen molar-refractivity contribution in [3.63, 3.8) is 0 Å². The minimum Gasteiger partial charge on any atom is -0.308 e. The Morgan fingerprint density at radius 2 is 2.20 bits per heavy atom. The lowest BCUT2D eigenvalue weighted by Gasteiger charge is -2.15. The first-order valence-electron chi connectivity index (χ1n) is 7.03. The van der Waals surface area contributed by atoms with Gasteiger partial charge < -0.3 is 4.90 Å². The fraction of sp³-hybridized carbons (Fsp3) is 0.400. The molecule has 2 aliphatic rings. The summed E-state index contributed by atoms with van der Waals surface area (Å²) in [6.45, 7) is 0.842. The number of carbonyl (C=O) groups excluding carboxylic acids is 1. The monoisotopic (exact) mass is 268 g/mol. The van der Waals surface area contributed by atoms with Crippen molar-refractivity contribution in [2.24, 2.45) is 7.05 Å². The van der Waals surface area contributed by atoms with E-state index in [1.807, 2.05) is 17.8 Å². The van der Waals surface area contributed by atoms with Crippen LogP contribution in [-0.4, -0.2) is 27.6 Å². The molecule has 0 radical (unpaired) electrons. The molecular weight excluding hydrogens is 252 g/mol. The van der Waals surface area contributed by atoms with Crippen LogP contribution in [0.3, 0.4) is 0 Å². The Morgan fingerprint density at radius 3 is 2.95 bits per heavy atom. The molecule has 1 aliphatic heterocycles. The average molecular weight is 268 g/mol. The molecule has 2 aromatic heterocycles. The third-order valence-electron chi connectivity index (χ3n) is 4.18. The third kappa shape index (κ3) is 1.59. The number of carbonyl (C=O) groups is 1. The normalized spacial score (nSPS) is 17.4. The maximum atomic E-state index is 11.6. The van der Waals surface area contributed by atoms with E-state index in [2.05, 4.69) is 21.0 Å². The Hall–Kier alpha value is -2.17. The maximum absolute atomic E-state index is 11.6. The number of hydrogen-bond acceptors (Lipinski definition) is 4. The van der Waals surface area contributed by atoms with Crippen LogP contribution in [0.4, 0.5) is 11.6 Å². The predicted molar refractivity (Wildman–Crippen MR) is 75.5 cm³/mol. The van der Waals surface area contributed by atoms with Gasteiger partial charge in [0.25, 0.3) is 0 Å². The van der Waals surface area contributed by atoms with Crippen molar-refractivity contribution in [2.75, 3.05) is 11.4 Å². The van der Waals surface area contributed by atoms with Crippen molar-refractivity contribution >= 4 is 17.9 Å². The molecule has 5 heteroatoms. The van der Waals surface area contributed by atoms with Gasteiger partial charge in [-0.2, -0.15) is 5.10 Å². The number of hydrogen-bond donors (Lipinski definition) is 0. The molecule has 0 amide bonds. The molecule has 0 N–H and O–H groups in total. The largest absolute Gasteiger partial charge is 0.308 e. The summed E-state index contributed by atoms with van der Waals surface area (Å²) in [5, 5.41) is 4.59. The van der Waals surface area contributed by atoms with E-state index in [0.29, 0.717) is 5.92 Å². The van der Waals surface area contributed by atoms with Gasteiger partial charge in [-0.3, -0.25) is 9.48 Å². The SMILES string of the molecule is Cn1nc(N2CCc3cccnc32)c(C=O)c1C1CC1. The van der Waals surface area contributed by atoms with E-state index in [1.54, 1.807) is 6.20 Å². The fourth-order valence-electron chi connectivity index (χ4n) is 3.10. The van der Waals surface area contributed by atoms with Gasteiger partial charge >= 0.3 is 0 Å². The van der Waals surface area contributed by atoms with Gasteiger partial charge in [0.1, 0.15) is 5.82 Å². The number of aromatic nitrogens is 3. The van der Waals surface area contributed by atoms with Crippen LogP contribution in [0.25, 0.3) is 0 Å². The second-order valence-electron chi connectivity index (χ2n) is 5.53. The molecule has 0 saturated heterocycles. The first kappa shape index (κ1) is 11.6. The Kier molecular flexibility index (Phi) is 2.42. The molecule has 0 aromatic carbocycles. The highest BCUT2D eigenvalue weighted by Crippen LogP contribution is 2.44. The van der Waals surface area contributed by atoms with Crippen molar-refractivity contribution in [1.29, 1.82) is 0 Å². The molecule has 0 spiro atoms. The zero-order valence-electron chi connectivity index (χ0n) is 11.4. The van der Waals surface area contributed by atoms with E-state index in [1.165, 1.54) is 5.56 Å². The molecule has 1 aliphatic carbocycles. The van der Waals surface area contributed by atoms with E-state index in [9.17, 15) is 4.79 Å². The number of aldehydes is 1. The van der Waals surface area contributed by atoms with Crippen LogP contribution < -0.4 is 4.90 Å². The molecule has 2 aromatic rings. The van der Waals surface area contributed by atoms with Gasteiger partial charge in [0, 0.05) is 25.7 Å². The van der Waals surface area contributed by atoms with Gasteiger partial charge in [-0.1, -0.05) is 6.07 Å². The Morgan fingerprint density at radius 1 is 1.35 bits per heavy atom. The smallest absolute Gasteiger partial charge is 0.167 e. The maximum Gasteiger partial charge on any atom is 0.167 e. The van der Waals surface area contributed by atoms with Gasteiger partial charge in [-0.25, -0.2) is 4.98 Å². The average Bonchev–Trinajstić information content (AvgIpc) is 3.11. The summed E-state index contributed by atoms with van der Waals surface area (Å²) >= 11 is 0. The summed E-state index contributed by atoms with van der Waals surface area (Å²) in [6.07, 6.45) is 6.03. The third-order valence-corrected chi connectivity index (χ3v) is 4.18. The molecule has 20 heavy (non-hydrogen) atoms. The highest BCUT2D eigenvalue weighted by Gasteiger charge is 2.34. The molecule has 0 atom stereocenters. The summed E-state index contributed by atoms with van der Waals surface area (Å²) in [6, 6.07) is 4.05. The lowest BCUT2D eigenvalue weighted by Crippen LogP contribution is -2.16. The molecule has 4 rings (SSSR count). The first-order valence-corrected chi connectivity index (χ1v) is 7.03. The topological polar surface area (TPSA) is 51.0 Å². The minimum atomic E-state index is 0.507. The van der Waals surface area contributed by atoms with E-state index in [0.717, 1.165) is 55.0 Å². The predicted octanol–water partition coefficient (Wildman–Crippen LogP) is 2.20. The van der Waals surface area contributed by atoms with E-state index in [4.69, 9.17) is 0 Å². The molecule has 1 fully saturated rings. The van der Waals surface area contributed by atoms with E-state index >= 15 is 0 Å². The van der Waals surface area contributed by atoms with E-state index < -0.39 is 0 Å². The zero-order chi connectivity index (χ0) is 13.7. The number of rotatable bonds is 3. The number of pyridine rings is 1. The van der Waals surface area contributed by atoms with Crippen LogP contribution >= 0.6 is 0 Å². The number of nitrogens with zero attached hydrogens (tertiary/aromatic N) is 4. The van der Waals surface area contributed by atoms with Crippen LogP contribution in [-0.2, 0) is 13.5 Å². The van der Waals surface area contributed by atoms with Crippen molar-refractivity contribution < 1.29 is 4.79 Å². The zero-order valence-corrected chi connectivity index (χ0v) is 11.4. The van der Waals surface area contributed by atoms with Crippen LogP contribution in [0.5, 0.6) is 0 Å². The molecule has 3 heterocycles. The van der Waals surface area contributed by atoms with Crippen LogP contribution in [0, 0.1) is 0 Å². The molecule has 5 nitrogen and oxygen atoms in total. The van der Waals surface area contributed by atoms with Gasteiger partial charge in [-0.15, -0.1) is 0 Å². The molecule has 102 valence electrons. The van der Waals surface area contributed by atoms with Gasteiger partial charge in [-0.05, 0) is 30.9 Å². The quantitative estimate of drug-likeness (QED) is 0.801. The number of fused-ring (bicyclic) bond motifs is 1. The summed E-state index contributed by atoms with van der Waals surface area (Å²) in [5.41, 5.74) is 3.05.